The summed E-state index contributed by atoms with van der Waals surface area (Å²) in [5, 5.41) is 10.2. The van der Waals surface area contributed by atoms with Crippen molar-refractivity contribution < 1.29 is 19.1 Å². The van der Waals surface area contributed by atoms with Crippen LogP contribution in [-0.4, -0.2) is 16.7 Å². The lowest BCUT2D eigenvalue weighted by Crippen LogP contribution is -2.23. The SMILES string of the molecule is O=C1C(=O)c2ccccc2C(O)=C1c1ccc(F)cc1. The molecule has 0 bridgehead atoms. The van der Waals surface area contributed by atoms with Crippen LogP contribution in [0.15, 0.2) is 48.5 Å². The van der Waals surface area contributed by atoms with Gasteiger partial charge in [-0.15, -0.1) is 0 Å². The fourth-order valence-electron chi connectivity index (χ4n) is 2.25. The Hall–Kier alpha value is -2.75. The van der Waals surface area contributed by atoms with Crippen molar-refractivity contribution in [2.75, 3.05) is 0 Å². The standard InChI is InChI=1S/C16H9FO3/c17-10-7-5-9(6-8-10)13-14(18)11-3-1-2-4-12(11)15(19)16(13)20/h1-8,18H. The highest BCUT2D eigenvalue weighted by Gasteiger charge is 2.33. The van der Waals surface area contributed by atoms with Crippen molar-refractivity contribution in [2.24, 2.45) is 0 Å². The minimum Gasteiger partial charge on any atom is -0.506 e. The molecule has 0 atom stereocenters. The fraction of sp³-hybridized carbons (Fsp3) is 0. The molecule has 0 amide bonds. The molecule has 0 radical (unpaired) electrons. The van der Waals surface area contributed by atoms with Crippen LogP contribution in [0.5, 0.6) is 0 Å². The van der Waals surface area contributed by atoms with E-state index < -0.39 is 17.4 Å². The summed E-state index contributed by atoms with van der Waals surface area (Å²) >= 11 is 0. The number of benzene rings is 2. The first kappa shape index (κ1) is 12.3. The summed E-state index contributed by atoms with van der Waals surface area (Å²) in [6, 6.07) is 11.4. The summed E-state index contributed by atoms with van der Waals surface area (Å²) in [6.07, 6.45) is 0. The van der Waals surface area contributed by atoms with Gasteiger partial charge < -0.3 is 5.11 Å². The largest absolute Gasteiger partial charge is 0.506 e. The Balaban J connectivity index is 2.26. The van der Waals surface area contributed by atoms with Gasteiger partial charge in [0.1, 0.15) is 11.6 Å². The molecule has 20 heavy (non-hydrogen) atoms. The molecule has 3 nitrogen and oxygen atoms in total. The summed E-state index contributed by atoms with van der Waals surface area (Å²) in [5.74, 6) is -2.16. The van der Waals surface area contributed by atoms with E-state index in [1.54, 1.807) is 18.2 Å². The minimum absolute atomic E-state index is 0.0892. The van der Waals surface area contributed by atoms with E-state index in [9.17, 15) is 19.1 Å². The topological polar surface area (TPSA) is 54.4 Å². The number of hydrogen-bond donors (Lipinski definition) is 1. The second-order valence-corrected chi connectivity index (χ2v) is 4.43. The van der Waals surface area contributed by atoms with E-state index in [1.807, 2.05) is 0 Å². The molecule has 98 valence electrons. The molecule has 0 aliphatic heterocycles. The summed E-state index contributed by atoms with van der Waals surface area (Å²) in [5.41, 5.74) is 0.725. The quantitative estimate of drug-likeness (QED) is 0.809. The maximum atomic E-state index is 12.9. The Bertz CT molecular complexity index is 758. The van der Waals surface area contributed by atoms with E-state index in [4.69, 9.17) is 0 Å². The third-order valence-electron chi connectivity index (χ3n) is 3.23. The van der Waals surface area contributed by atoms with Crippen LogP contribution in [0.4, 0.5) is 4.39 Å². The first-order chi connectivity index (χ1) is 9.59. The third-order valence-corrected chi connectivity index (χ3v) is 3.23. The third kappa shape index (κ3) is 1.73. The molecule has 0 spiro atoms. The number of fused-ring (bicyclic) bond motifs is 1. The van der Waals surface area contributed by atoms with Crippen molar-refractivity contribution in [1.82, 2.24) is 0 Å². The van der Waals surface area contributed by atoms with Gasteiger partial charge in [-0.2, -0.15) is 0 Å². The zero-order valence-electron chi connectivity index (χ0n) is 10.3. The number of aliphatic hydroxyl groups excluding tert-OH is 1. The number of allylic oxidation sites excluding steroid dienone is 1. The van der Waals surface area contributed by atoms with Crippen LogP contribution in [0, 0.1) is 5.82 Å². The van der Waals surface area contributed by atoms with Crippen molar-refractivity contribution in [2.45, 2.75) is 0 Å². The Kier molecular flexibility index (Phi) is 2.71. The van der Waals surface area contributed by atoms with Gasteiger partial charge in [-0.05, 0) is 17.7 Å². The molecule has 4 heteroatoms. The number of carbonyl (C=O) groups is 2. The zero-order valence-corrected chi connectivity index (χ0v) is 10.3. The molecular weight excluding hydrogens is 259 g/mol. The first-order valence-electron chi connectivity index (χ1n) is 5.97. The molecular formula is C16H9FO3. The van der Waals surface area contributed by atoms with Crippen LogP contribution >= 0.6 is 0 Å². The lowest BCUT2D eigenvalue weighted by molar-refractivity contribution is -0.110. The number of hydrogen-bond acceptors (Lipinski definition) is 3. The minimum atomic E-state index is -0.784. The monoisotopic (exact) mass is 268 g/mol. The highest BCUT2D eigenvalue weighted by Crippen LogP contribution is 2.33. The molecule has 0 saturated heterocycles. The predicted molar refractivity (Wildman–Crippen MR) is 71.6 cm³/mol. The Morgan fingerprint density at radius 2 is 1.40 bits per heavy atom. The highest BCUT2D eigenvalue weighted by atomic mass is 19.1. The average molecular weight is 268 g/mol. The lowest BCUT2D eigenvalue weighted by atomic mass is 9.85. The molecule has 1 aliphatic rings. The summed E-state index contributed by atoms with van der Waals surface area (Å²) in [4.78, 5) is 24.2. The van der Waals surface area contributed by atoms with E-state index in [2.05, 4.69) is 0 Å². The van der Waals surface area contributed by atoms with E-state index in [1.165, 1.54) is 30.3 Å². The van der Waals surface area contributed by atoms with E-state index in [-0.39, 0.29) is 16.9 Å². The maximum absolute atomic E-state index is 12.9. The van der Waals surface area contributed by atoms with Gasteiger partial charge in [-0.25, -0.2) is 4.39 Å². The first-order valence-corrected chi connectivity index (χ1v) is 5.97. The van der Waals surface area contributed by atoms with Gasteiger partial charge in [-0.3, -0.25) is 9.59 Å². The molecule has 0 saturated carbocycles. The molecule has 1 aliphatic carbocycles. The van der Waals surface area contributed by atoms with Crippen molar-refractivity contribution in [3.8, 4) is 0 Å². The smallest absolute Gasteiger partial charge is 0.237 e. The molecule has 1 N–H and O–H groups in total. The fourth-order valence-corrected chi connectivity index (χ4v) is 2.25. The van der Waals surface area contributed by atoms with Crippen molar-refractivity contribution in [1.29, 1.82) is 0 Å². The van der Waals surface area contributed by atoms with E-state index in [0.29, 0.717) is 11.1 Å². The Morgan fingerprint density at radius 3 is 2.05 bits per heavy atom. The molecule has 0 unspecified atom stereocenters. The van der Waals surface area contributed by atoms with Crippen LogP contribution < -0.4 is 0 Å². The maximum Gasteiger partial charge on any atom is 0.237 e. The number of ketones is 2. The summed E-state index contributed by atoms with van der Waals surface area (Å²) in [6.45, 7) is 0. The molecule has 0 fully saturated rings. The van der Waals surface area contributed by atoms with Crippen molar-refractivity contribution >= 4 is 22.9 Å². The second-order valence-electron chi connectivity index (χ2n) is 4.43. The Labute approximate surface area is 114 Å². The van der Waals surface area contributed by atoms with E-state index >= 15 is 0 Å². The molecule has 0 aromatic heterocycles. The van der Waals surface area contributed by atoms with Gasteiger partial charge in [0.25, 0.3) is 0 Å². The Morgan fingerprint density at radius 1 is 0.800 bits per heavy atom. The van der Waals surface area contributed by atoms with Crippen molar-refractivity contribution in [3.63, 3.8) is 0 Å². The zero-order chi connectivity index (χ0) is 14.3. The normalized spacial score (nSPS) is 14.4. The van der Waals surface area contributed by atoms with Gasteiger partial charge in [-0.1, -0.05) is 36.4 Å². The van der Waals surface area contributed by atoms with Gasteiger partial charge in [0.2, 0.25) is 11.6 Å². The van der Waals surface area contributed by atoms with Crippen molar-refractivity contribution in [3.05, 3.63) is 71.0 Å². The van der Waals surface area contributed by atoms with E-state index in [0.717, 1.165) is 0 Å². The number of rotatable bonds is 1. The molecule has 2 aromatic rings. The van der Waals surface area contributed by atoms with Gasteiger partial charge in [0.05, 0.1) is 5.57 Å². The molecule has 2 aromatic carbocycles. The van der Waals surface area contributed by atoms with Crippen LogP contribution in [-0.2, 0) is 4.79 Å². The van der Waals surface area contributed by atoms with Crippen LogP contribution in [0.25, 0.3) is 11.3 Å². The van der Waals surface area contributed by atoms with Crippen LogP contribution in [0.2, 0.25) is 0 Å². The molecule has 3 rings (SSSR count). The highest BCUT2D eigenvalue weighted by molar-refractivity contribution is 6.62. The molecule has 0 heterocycles. The predicted octanol–water partition coefficient (Wildman–Crippen LogP) is 3.02. The number of Topliss-reactive ketones (excluding diaryl/α,β-unsaturated/α-hetero) is 2. The second kappa shape index (κ2) is 4.42. The van der Waals surface area contributed by atoms with Crippen LogP contribution in [0.3, 0.4) is 0 Å². The number of carbonyl (C=O) groups excluding carboxylic acids is 2. The average Bonchev–Trinajstić information content (AvgIpc) is 2.47. The number of aliphatic hydroxyl groups is 1. The van der Waals surface area contributed by atoms with Gasteiger partial charge >= 0.3 is 0 Å². The lowest BCUT2D eigenvalue weighted by Gasteiger charge is -2.17. The van der Waals surface area contributed by atoms with Gasteiger partial charge in [0.15, 0.2) is 0 Å². The van der Waals surface area contributed by atoms with Gasteiger partial charge in [0, 0.05) is 11.1 Å². The number of halogens is 1. The summed E-state index contributed by atoms with van der Waals surface area (Å²) < 4.78 is 12.9. The van der Waals surface area contributed by atoms with Crippen LogP contribution in [0.1, 0.15) is 21.5 Å². The summed E-state index contributed by atoms with van der Waals surface area (Å²) in [7, 11) is 0.